The molecule has 1 aromatic carbocycles. The zero-order chi connectivity index (χ0) is 19.2. The summed E-state index contributed by atoms with van der Waals surface area (Å²) in [5.74, 6) is 0.529. The second kappa shape index (κ2) is 6.69. The van der Waals surface area contributed by atoms with Crippen LogP contribution in [0.3, 0.4) is 0 Å². The van der Waals surface area contributed by atoms with Crippen LogP contribution in [0.2, 0.25) is 0 Å². The summed E-state index contributed by atoms with van der Waals surface area (Å²) in [5, 5.41) is 3.85. The SMILES string of the molecule is Cc1cc(C2CCCN2S(=O)(=O)c2ccc(S(=O)(=O)NC3CC3)cc2)on1. The summed E-state index contributed by atoms with van der Waals surface area (Å²) in [6, 6.07) is 6.71. The highest BCUT2D eigenvalue weighted by atomic mass is 32.2. The molecule has 1 saturated carbocycles. The van der Waals surface area contributed by atoms with Crippen LogP contribution >= 0.6 is 0 Å². The molecule has 8 nitrogen and oxygen atoms in total. The molecule has 2 aliphatic rings. The maximum atomic E-state index is 13.1. The monoisotopic (exact) mass is 411 g/mol. The Morgan fingerprint density at radius 2 is 1.74 bits per heavy atom. The standard InChI is InChI=1S/C17H21N3O5S2/c1-12-11-17(25-18-12)16-3-2-10-20(16)27(23,24)15-8-6-14(7-9-15)26(21,22)19-13-4-5-13/h6-9,11,13,16,19H,2-5,10H2,1H3. The van der Waals surface area contributed by atoms with E-state index in [0.717, 1.165) is 19.3 Å². The van der Waals surface area contributed by atoms with Crippen molar-refractivity contribution in [2.75, 3.05) is 6.54 Å². The van der Waals surface area contributed by atoms with Gasteiger partial charge in [-0.3, -0.25) is 0 Å². The Balaban J connectivity index is 1.59. The summed E-state index contributed by atoms with van der Waals surface area (Å²) >= 11 is 0. The molecule has 146 valence electrons. The second-order valence-corrected chi connectivity index (χ2v) is 10.6. The molecule has 2 fully saturated rings. The molecule has 1 aliphatic heterocycles. The summed E-state index contributed by atoms with van der Waals surface area (Å²) in [5.41, 5.74) is 0.701. The first kappa shape index (κ1) is 18.6. The van der Waals surface area contributed by atoms with Gasteiger partial charge >= 0.3 is 0 Å². The molecule has 0 amide bonds. The van der Waals surface area contributed by atoms with Crippen molar-refractivity contribution in [2.45, 2.75) is 54.5 Å². The normalized spacial score (nSPS) is 21.6. The van der Waals surface area contributed by atoms with Gasteiger partial charge in [-0.25, -0.2) is 21.6 Å². The molecule has 2 aromatic rings. The van der Waals surface area contributed by atoms with E-state index in [4.69, 9.17) is 4.52 Å². The molecule has 1 unspecified atom stereocenters. The Kier molecular flexibility index (Phi) is 4.61. The Hall–Kier alpha value is -1.75. The Morgan fingerprint density at radius 1 is 1.07 bits per heavy atom. The molecule has 27 heavy (non-hydrogen) atoms. The first-order valence-corrected chi connectivity index (χ1v) is 11.8. The number of nitrogens with zero attached hydrogens (tertiary/aromatic N) is 2. The van der Waals surface area contributed by atoms with E-state index in [9.17, 15) is 16.8 Å². The van der Waals surface area contributed by atoms with Gasteiger partial charge in [0.25, 0.3) is 0 Å². The molecule has 0 radical (unpaired) electrons. The average molecular weight is 412 g/mol. The van der Waals surface area contributed by atoms with Crippen molar-refractivity contribution in [1.82, 2.24) is 14.2 Å². The van der Waals surface area contributed by atoms with Crippen LogP contribution in [0, 0.1) is 6.92 Å². The van der Waals surface area contributed by atoms with Crippen LogP contribution in [0.25, 0.3) is 0 Å². The van der Waals surface area contributed by atoms with Gasteiger partial charge in [-0.2, -0.15) is 4.31 Å². The average Bonchev–Trinajstić information content (AvgIpc) is 3.10. The van der Waals surface area contributed by atoms with Crippen molar-refractivity contribution >= 4 is 20.0 Å². The molecule has 1 atom stereocenters. The largest absolute Gasteiger partial charge is 0.359 e. The van der Waals surface area contributed by atoms with Crippen LogP contribution < -0.4 is 4.72 Å². The van der Waals surface area contributed by atoms with E-state index in [1.807, 2.05) is 0 Å². The molecule has 4 rings (SSSR count). The predicted molar refractivity (Wildman–Crippen MR) is 96.9 cm³/mol. The summed E-state index contributed by atoms with van der Waals surface area (Å²) in [7, 11) is -7.38. The van der Waals surface area contributed by atoms with Gasteiger partial charge in [0.1, 0.15) is 0 Å². The number of aryl methyl sites for hydroxylation is 1. The molecule has 0 bridgehead atoms. The number of sulfonamides is 2. The molecule has 1 aliphatic carbocycles. The fourth-order valence-electron chi connectivity index (χ4n) is 3.27. The highest BCUT2D eigenvalue weighted by Crippen LogP contribution is 2.37. The maximum Gasteiger partial charge on any atom is 0.243 e. The van der Waals surface area contributed by atoms with Crippen molar-refractivity contribution in [3.05, 3.63) is 41.8 Å². The van der Waals surface area contributed by atoms with Crippen molar-refractivity contribution in [3.8, 4) is 0 Å². The van der Waals surface area contributed by atoms with Gasteiger partial charge in [-0.15, -0.1) is 0 Å². The molecule has 0 spiro atoms. The van der Waals surface area contributed by atoms with E-state index in [0.29, 0.717) is 24.4 Å². The minimum absolute atomic E-state index is 0.00544. The summed E-state index contributed by atoms with van der Waals surface area (Å²) in [6.45, 7) is 2.17. The van der Waals surface area contributed by atoms with Crippen LogP contribution in [0.5, 0.6) is 0 Å². The van der Waals surface area contributed by atoms with Crippen molar-refractivity contribution in [3.63, 3.8) is 0 Å². The first-order chi connectivity index (χ1) is 12.8. The van der Waals surface area contributed by atoms with Crippen molar-refractivity contribution < 1.29 is 21.4 Å². The zero-order valence-electron chi connectivity index (χ0n) is 14.8. The third-order valence-electron chi connectivity index (χ3n) is 4.82. The third-order valence-corrected chi connectivity index (χ3v) is 8.28. The van der Waals surface area contributed by atoms with Gasteiger partial charge in [0.15, 0.2) is 5.76 Å². The van der Waals surface area contributed by atoms with Gasteiger partial charge in [0, 0.05) is 18.7 Å². The molecular formula is C17H21N3O5S2. The lowest BCUT2D eigenvalue weighted by Crippen LogP contribution is -2.30. The predicted octanol–water partition coefficient (Wildman–Crippen LogP) is 1.95. The number of benzene rings is 1. The molecule has 1 aromatic heterocycles. The van der Waals surface area contributed by atoms with Gasteiger partial charge in [0.2, 0.25) is 20.0 Å². The van der Waals surface area contributed by atoms with E-state index in [1.54, 1.807) is 13.0 Å². The first-order valence-electron chi connectivity index (χ1n) is 8.85. The molecule has 2 heterocycles. The number of hydrogen-bond donors (Lipinski definition) is 1. The highest BCUT2D eigenvalue weighted by Gasteiger charge is 2.38. The smallest absolute Gasteiger partial charge is 0.243 e. The summed E-state index contributed by atoms with van der Waals surface area (Å²) in [4.78, 5) is 0.133. The molecule has 10 heteroatoms. The quantitative estimate of drug-likeness (QED) is 0.778. The van der Waals surface area contributed by atoms with E-state index >= 15 is 0 Å². The van der Waals surface area contributed by atoms with Crippen LogP contribution in [0.4, 0.5) is 0 Å². The fraction of sp³-hybridized carbons (Fsp3) is 0.471. The topological polar surface area (TPSA) is 110 Å². The van der Waals surface area contributed by atoms with Crippen LogP contribution in [0.1, 0.15) is 43.2 Å². The van der Waals surface area contributed by atoms with E-state index in [2.05, 4.69) is 9.88 Å². The van der Waals surface area contributed by atoms with Gasteiger partial charge in [-0.05, 0) is 56.9 Å². The number of nitrogens with one attached hydrogen (secondary N) is 1. The molecular weight excluding hydrogens is 390 g/mol. The van der Waals surface area contributed by atoms with Gasteiger partial charge in [-0.1, -0.05) is 5.16 Å². The van der Waals surface area contributed by atoms with Crippen LogP contribution in [0.15, 0.2) is 44.6 Å². The summed E-state index contributed by atoms with van der Waals surface area (Å²) < 4.78 is 59.9. The van der Waals surface area contributed by atoms with E-state index < -0.39 is 26.1 Å². The van der Waals surface area contributed by atoms with Crippen LogP contribution in [-0.2, 0) is 20.0 Å². The third kappa shape index (κ3) is 3.66. The second-order valence-electron chi connectivity index (χ2n) is 7.01. The zero-order valence-corrected chi connectivity index (χ0v) is 16.5. The lowest BCUT2D eigenvalue weighted by atomic mass is 10.2. The van der Waals surface area contributed by atoms with E-state index in [-0.39, 0.29) is 15.8 Å². The lowest BCUT2D eigenvalue weighted by Gasteiger charge is -2.22. The molecule has 1 saturated heterocycles. The van der Waals surface area contributed by atoms with Crippen molar-refractivity contribution in [1.29, 1.82) is 0 Å². The maximum absolute atomic E-state index is 13.1. The Morgan fingerprint density at radius 3 is 2.33 bits per heavy atom. The molecule has 1 N–H and O–H groups in total. The van der Waals surface area contributed by atoms with Crippen molar-refractivity contribution in [2.24, 2.45) is 0 Å². The lowest BCUT2D eigenvalue weighted by molar-refractivity contribution is 0.297. The minimum atomic E-state index is -3.77. The minimum Gasteiger partial charge on any atom is -0.359 e. The van der Waals surface area contributed by atoms with Gasteiger partial charge < -0.3 is 4.52 Å². The number of rotatable bonds is 6. The van der Waals surface area contributed by atoms with Crippen LogP contribution in [-0.4, -0.2) is 38.9 Å². The summed E-state index contributed by atoms with van der Waals surface area (Å²) in [6.07, 6.45) is 3.05. The highest BCUT2D eigenvalue weighted by molar-refractivity contribution is 7.89. The number of hydrogen-bond acceptors (Lipinski definition) is 6. The van der Waals surface area contributed by atoms with Gasteiger partial charge in [0.05, 0.1) is 21.5 Å². The fourth-order valence-corrected chi connectivity index (χ4v) is 6.24. The number of aromatic nitrogens is 1. The Labute approximate surface area is 158 Å². The van der Waals surface area contributed by atoms with E-state index in [1.165, 1.54) is 28.6 Å². The Bertz CT molecular complexity index is 1040.